The van der Waals surface area contributed by atoms with Crippen molar-refractivity contribution in [3.05, 3.63) is 29.8 Å². The van der Waals surface area contributed by atoms with Crippen LogP contribution in [0.5, 0.6) is 0 Å². The Kier molecular flexibility index (Phi) is 4.79. The highest BCUT2D eigenvalue weighted by Crippen LogP contribution is 2.25. The van der Waals surface area contributed by atoms with Gasteiger partial charge in [0.05, 0.1) is 0 Å². The minimum absolute atomic E-state index is 0. The molecular formula is C11H16ClNS. The Bertz CT molecular complexity index is 269. The third kappa shape index (κ3) is 2.66. The SMILES string of the molecule is CCSc1ccc([C@@H]2CCN2)cc1.Cl. The molecule has 1 fully saturated rings. The van der Waals surface area contributed by atoms with Crippen LogP contribution in [0.1, 0.15) is 24.9 Å². The van der Waals surface area contributed by atoms with E-state index < -0.39 is 0 Å². The fourth-order valence-corrected chi connectivity index (χ4v) is 2.20. The maximum absolute atomic E-state index is 3.41. The van der Waals surface area contributed by atoms with Gasteiger partial charge in [-0.2, -0.15) is 0 Å². The molecule has 2 rings (SSSR count). The molecule has 0 radical (unpaired) electrons. The lowest BCUT2D eigenvalue weighted by atomic mass is 9.98. The van der Waals surface area contributed by atoms with Crippen molar-refractivity contribution in [2.24, 2.45) is 0 Å². The molecule has 1 aromatic rings. The second-order valence-electron chi connectivity index (χ2n) is 3.30. The quantitative estimate of drug-likeness (QED) is 0.799. The molecule has 14 heavy (non-hydrogen) atoms. The average Bonchev–Trinajstić information content (AvgIpc) is 2.06. The molecule has 0 aliphatic carbocycles. The van der Waals surface area contributed by atoms with Crippen molar-refractivity contribution < 1.29 is 0 Å². The van der Waals surface area contributed by atoms with Crippen molar-refractivity contribution in [2.75, 3.05) is 12.3 Å². The summed E-state index contributed by atoms with van der Waals surface area (Å²) >= 11 is 1.90. The van der Waals surface area contributed by atoms with Gasteiger partial charge in [-0.05, 0) is 36.4 Å². The number of hydrogen-bond donors (Lipinski definition) is 1. The summed E-state index contributed by atoms with van der Waals surface area (Å²) in [5, 5.41) is 3.41. The molecule has 0 unspecified atom stereocenters. The predicted octanol–water partition coefficient (Wildman–Crippen LogP) is 3.25. The molecule has 78 valence electrons. The van der Waals surface area contributed by atoms with Crippen molar-refractivity contribution in [3.63, 3.8) is 0 Å². The minimum atomic E-state index is 0. The van der Waals surface area contributed by atoms with Gasteiger partial charge in [0.15, 0.2) is 0 Å². The molecule has 1 saturated heterocycles. The number of halogens is 1. The van der Waals surface area contributed by atoms with Gasteiger partial charge in [-0.3, -0.25) is 0 Å². The molecule has 0 saturated carbocycles. The highest BCUT2D eigenvalue weighted by atomic mass is 35.5. The minimum Gasteiger partial charge on any atom is -0.310 e. The van der Waals surface area contributed by atoms with E-state index in [2.05, 4.69) is 36.5 Å². The van der Waals surface area contributed by atoms with Gasteiger partial charge in [0.25, 0.3) is 0 Å². The predicted molar refractivity (Wildman–Crippen MR) is 65.4 cm³/mol. The monoisotopic (exact) mass is 229 g/mol. The lowest BCUT2D eigenvalue weighted by Crippen LogP contribution is -2.34. The molecule has 1 heterocycles. The molecule has 3 heteroatoms. The molecule has 0 bridgehead atoms. The van der Waals surface area contributed by atoms with Crippen molar-refractivity contribution >= 4 is 24.2 Å². The number of hydrogen-bond acceptors (Lipinski definition) is 2. The first-order valence-electron chi connectivity index (χ1n) is 4.86. The van der Waals surface area contributed by atoms with Crippen molar-refractivity contribution in [1.29, 1.82) is 0 Å². The number of thioether (sulfide) groups is 1. The van der Waals surface area contributed by atoms with Crippen LogP contribution in [-0.2, 0) is 0 Å². The van der Waals surface area contributed by atoms with Crippen LogP contribution < -0.4 is 5.32 Å². The molecule has 0 spiro atoms. The van der Waals surface area contributed by atoms with E-state index in [0.717, 1.165) is 5.75 Å². The smallest absolute Gasteiger partial charge is 0.0332 e. The van der Waals surface area contributed by atoms with E-state index in [1.54, 1.807) is 0 Å². The fourth-order valence-electron chi connectivity index (χ4n) is 1.54. The summed E-state index contributed by atoms with van der Waals surface area (Å²) in [6, 6.07) is 9.57. The first kappa shape index (κ1) is 11.9. The van der Waals surface area contributed by atoms with Crippen molar-refractivity contribution in [3.8, 4) is 0 Å². The second-order valence-corrected chi connectivity index (χ2v) is 4.63. The maximum atomic E-state index is 3.41. The Hall–Kier alpha value is -0.180. The molecule has 1 atom stereocenters. The van der Waals surface area contributed by atoms with E-state index in [1.807, 2.05) is 11.8 Å². The lowest BCUT2D eigenvalue weighted by molar-refractivity contribution is 0.383. The zero-order valence-electron chi connectivity index (χ0n) is 8.32. The summed E-state index contributed by atoms with van der Waals surface area (Å²) in [7, 11) is 0. The van der Waals surface area contributed by atoms with Gasteiger partial charge in [0.1, 0.15) is 0 Å². The Balaban J connectivity index is 0.000000980. The summed E-state index contributed by atoms with van der Waals surface area (Å²) in [4.78, 5) is 1.38. The van der Waals surface area contributed by atoms with Gasteiger partial charge < -0.3 is 5.32 Å². The van der Waals surface area contributed by atoms with E-state index in [1.165, 1.54) is 23.4 Å². The normalized spacial score (nSPS) is 19.6. The number of rotatable bonds is 3. The van der Waals surface area contributed by atoms with Crippen LogP contribution in [0, 0.1) is 0 Å². The maximum Gasteiger partial charge on any atom is 0.0332 e. The Morgan fingerprint density at radius 3 is 2.43 bits per heavy atom. The third-order valence-electron chi connectivity index (χ3n) is 2.42. The second kappa shape index (κ2) is 5.64. The molecule has 0 aromatic heterocycles. The van der Waals surface area contributed by atoms with Gasteiger partial charge in [-0.1, -0.05) is 19.1 Å². The standard InChI is InChI=1S/C11H15NS.ClH/c1-2-13-10-5-3-9(4-6-10)11-7-8-12-11;/h3-6,11-12H,2,7-8H2,1H3;1H/t11-;/m0./s1. The van der Waals surface area contributed by atoms with E-state index >= 15 is 0 Å². The molecule has 1 nitrogen and oxygen atoms in total. The number of nitrogens with one attached hydrogen (secondary N) is 1. The molecule has 1 aromatic carbocycles. The highest BCUT2D eigenvalue weighted by molar-refractivity contribution is 7.99. The van der Waals surface area contributed by atoms with Gasteiger partial charge in [-0.15, -0.1) is 24.2 Å². The van der Waals surface area contributed by atoms with Crippen molar-refractivity contribution in [2.45, 2.75) is 24.3 Å². The van der Waals surface area contributed by atoms with Crippen LogP contribution in [0.2, 0.25) is 0 Å². The number of benzene rings is 1. The van der Waals surface area contributed by atoms with Crippen molar-refractivity contribution in [1.82, 2.24) is 5.32 Å². The Labute approximate surface area is 96.1 Å². The summed E-state index contributed by atoms with van der Waals surface area (Å²) in [6.45, 7) is 3.36. The van der Waals surface area contributed by atoms with Gasteiger partial charge >= 0.3 is 0 Å². The van der Waals surface area contributed by atoms with Crippen LogP contribution >= 0.6 is 24.2 Å². The molecule has 1 aliphatic heterocycles. The van der Waals surface area contributed by atoms with Gasteiger partial charge in [-0.25, -0.2) is 0 Å². The largest absolute Gasteiger partial charge is 0.310 e. The zero-order chi connectivity index (χ0) is 9.10. The Morgan fingerprint density at radius 1 is 1.36 bits per heavy atom. The van der Waals surface area contributed by atoms with Crippen LogP contribution in [-0.4, -0.2) is 12.3 Å². The first-order chi connectivity index (χ1) is 6.40. The van der Waals surface area contributed by atoms with E-state index in [9.17, 15) is 0 Å². The van der Waals surface area contributed by atoms with Crippen LogP contribution in [0.15, 0.2) is 29.2 Å². The topological polar surface area (TPSA) is 12.0 Å². The fraction of sp³-hybridized carbons (Fsp3) is 0.455. The van der Waals surface area contributed by atoms with Crippen LogP contribution in [0.25, 0.3) is 0 Å². The van der Waals surface area contributed by atoms with Gasteiger partial charge in [0.2, 0.25) is 0 Å². The van der Waals surface area contributed by atoms with E-state index in [0.29, 0.717) is 6.04 Å². The molecule has 0 amide bonds. The molecule has 1 aliphatic rings. The summed E-state index contributed by atoms with van der Waals surface area (Å²) < 4.78 is 0. The van der Waals surface area contributed by atoms with E-state index in [-0.39, 0.29) is 12.4 Å². The third-order valence-corrected chi connectivity index (χ3v) is 3.31. The average molecular weight is 230 g/mol. The van der Waals surface area contributed by atoms with Crippen LogP contribution in [0.4, 0.5) is 0 Å². The summed E-state index contributed by atoms with van der Waals surface area (Å²) in [6.07, 6.45) is 1.29. The first-order valence-corrected chi connectivity index (χ1v) is 5.85. The summed E-state index contributed by atoms with van der Waals surface area (Å²) in [5.41, 5.74) is 1.44. The summed E-state index contributed by atoms with van der Waals surface area (Å²) in [5.74, 6) is 1.15. The van der Waals surface area contributed by atoms with E-state index in [4.69, 9.17) is 0 Å². The Morgan fingerprint density at radius 2 is 2.00 bits per heavy atom. The molecule has 1 N–H and O–H groups in total. The van der Waals surface area contributed by atoms with Crippen LogP contribution in [0.3, 0.4) is 0 Å². The zero-order valence-corrected chi connectivity index (χ0v) is 9.96. The molecular weight excluding hydrogens is 214 g/mol. The lowest BCUT2D eigenvalue weighted by Gasteiger charge is -2.28. The van der Waals surface area contributed by atoms with Gasteiger partial charge in [0, 0.05) is 10.9 Å². The highest BCUT2D eigenvalue weighted by Gasteiger charge is 2.17.